The molecule has 1 heterocycles. The van der Waals surface area contributed by atoms with Gasteiger partial charge in [0.1, 0.15) is 11.3 Å². The molecule has 0 radical (unpaired) electrons. The van der Waals surface area contributed by atoms with E-state index in [-0.39, 0.29) is 5.75 Å². The zero-order valence-electron chi connectivity index (χ0n) is 11.6. The Morgan fingerprint density at radius 2 is 2.25 bits per heavy atom. The van der Waals surface area contributed by atoms with Gasteiger partial charge in [0, 0.05) is 16.6 Å². The molecule has 0 saturated carbocycles. The topological polar surface area (TPSA) is 60.8 Å². The highest BCUT2D eigenvalue weighted by molar-refractivity contribution is 9.10. The lowest BCUT2D eigenvalue weighted by molar-refractivity contribution is -0.150. The van der Waals surface area contributed by atoms with Crippen molar-refractivity contribution in [3.05, 3.63) is 28.2 Å². The summed E-state index contributed by atoms with van der Waals surface area (Å²) < 4.78 is 0.890. The molecule has 2 N–H and O–H groups in total. The van der Waals surface area contributed by atoms with Crippen LogP contribution in [0.25, 0.3) is 0 Å². The van der Waals surface area contributed by atoms with Crippen molar-refractivity contribution in [1.29, 1.82) is 0 Å². The van der Waals surface area contributed by atoms with Crippen LogP contribution < -0.4 is 0 Å². The number of rotatable bonds is 5. The van der Waals surface area contributed by atoms with E-state index >= 15 is 0 Å². The van der Waals surface area contributed by atoms with Crippen molar-refractivity contribution >= 4 is 21.9 Å². The van der Waals surface area contributed by atoms with Crippen molar-refractivity contribution in [1.82, 2.24) is 4.90 Å². The van der Waals surface area contributed by atoms with Crippen LogP contribution in [-0.2, 0) is 11.3 Å². The van der Waals surface area contributed by atoms with Gasteiger partial charge in [-0.05, 0) is 44.0 Å². The molecule has 1 fully saturated rings. The maximum Gasteiger partial charge on any atom is 0.324 e. The van der Waals surface area contributed by atoms with Crippen molar-refractivity contribution in [2.45, 2.75) is 44.7 Å². The first-order chi connectivity index (χ1) is 9.49. The fourth-order valence-corrected chi connectivity index (χ4v) is 3.51. The molecule has 110 valence electrons. The Balaban J connectivity index is 2.26. The van der Waals surface area contributed by atoms with Gasteiger partial charge in [-0.2, -0.15) is 0 Å². The molecule has 1 aromatic rings. The number of carboxylic acids is 1. The van der Waals surface area contributed by atoms with Gasteiger partial charge in [-0.3, -0.25) is 9.69 Å². The Labute approximate surface area is 127 Å². The van der Waals surface area contributed by atoms with Crippen molar-refractivity contribution in [3.8, 4) is 5.75 Å². The number of phenolic OH excluding ortho intramolecular Hbond substituents is 1. The Morgan fingerprint density at radius 3 is 2.90 bits per heavy atom. The van der Waals surface area contributed by atoms with Crippen molar-refractivity contribution in [2.75, 3.05) is 6.54 Å². The van der Waals surface area contributed by atoms with Crippen molar-refractivity contribution in [2.24, 2.45) is 0 Å². The zero-order chi connectivity index (χ0) is 14.8. The summed E-state index contributed by atoms with van der Waals surface area (Å²) in [6.07, 6.45) is 3.07. The van der Waals surface area contributed by atoms with E-state index in [4.69, 9.17) is 0 Å². The maximum atomic E-state index is 11.8. The summed E-state index contributed by atoms with van der Waals surface area (Å²) in [5.74, 6) is -0.526. The number of hydrogen-bond acceptors (Lipinski definition) is 3. The highest BCUT2D eigenvalue weighted by Crippen LogP contribution is 2.36. The molecule has 2 rings (SSSR count). The number of carboxylic acid groups (broad SMARTS) is 1. The second-order valence-corrected chi connectivity index (χ2v) is 6.30. The van der Waals surface area contributed by atoms with Crippen LogP contribution >= 0.6 is 15.9 Å². The van der Waals surface area contributed by atoms with E-state index < -0.39 is 11.5 Å². The maximum absolute atomic E-state index is 11.8. The fraction of sp³-hybridized carbons (Fsp3) is 0.533. The summed E-state index contributed by atoms with van der Waals surface area (Å²) in [7, 11) is 0. The minimum Gasteiger partial charge on any atom is -0.508 e. The van der Waals surface area contributed by atoms with Crippen LogP contribution in [0.3, 0.4) is 0 Å². The Kier molecular flexibility index (Phi) is 4.70. The van der Waals surface area contributed by atoms with E-state index in [0.29, 0.717) is 19.4 Å². The monoisotopic (exact) mass is 341 g/mol. The number of halogens is 1. The summed E-state index contributed by atoms with van der Waals surface area (Å²) in [4.78, 5) is 13.8. The number of nitrogens with zero attached hydrogens (tertiary/aromatic N) is 1. The first kappa shape index (κ1) is 15.3. The standard InChI is InChI=1S/C15H20BrNO3/c1-2-6-15(14(19)20)7-3-8-17(15)10-11-9-12(16)4-5-13(11)18/h4-5,9,18H,2-3,6-8,10H2,1H3,(H,19,20). The van der Waals surface area contributed by atoms with Crippen molar-refractivity contribution < 1.29 is 15.0 Å². The number of aliphatic carboxylic acids is 1. The van der Waals surface area contributed by atoms with E-state index in [9.17, 15) is 15.0 Å². The molecule has 4 nitrogen and oxygen atoms in total. The number of likely N-dealkylation sites (tertiary alicyclic amines) is 1. The Bertz CT molecular complexity index is 506. The van der Waals surface area contributed by atoms with Gasteiger partial charge in [0.05, 0.1) is 0 Å². The summed E-state index contributed by atoms with van der Waals surface area (Å²) in [5, 5.41) is 19.6. The van der Waals surface area contributed by atoms with Gasteiger partial charge in [0.25, 0.3) is 0 Å². The molecule has 0 aliphatic carbocycles. The quantitative estimate of drug-likeness (QED) is 0.861. The molecule has 1 atom stereocenters. The summed E-state index contributed by atoms with van der Waals surface area (Å²) in [6.45, 7) is 3.24. The predicted molar refractivity (Wildman–Crippen MR) is 80.7 cm³/mol. The largest absolute Gasteiger partial charge is 0.508 e. The molecule has 1 aromatic carbocycles. The van der Waals surface area contributed by atoms with E-state index in [0.717, 1.165) is 29.4 Å². The SMILES string of the molecule is CCCC1(C(=O)O)CCCN1Cc1cc(Br)ccc1O. The zero-order valence-corrected chi connectivity index (χ0v) is 13.2. The van der Waals surface area contributed by atoms with Gasteiger partial charge in [-0.15, -0.1) is 0 Å². The summed E-state index contributed by atoms with van der Waals surface area (Å²) in [5.41, 5.74) is -0.00763. The summed E-state index contributed by atoms with van der Waals surface area (Å²) >= 11 is 3.39. The molecule has 0 bridgehead atoms. The van der Waals surface area contributed by atoms with Gasteiger partial charge in [0.2, 0.25) is 0 Å². The minimum atomic E-state index is -0.774. The Morgan fingerprint density at radius 1 is 1.50 bits per heavy atom. The third-order valence-electron chi connectivity index (χ3n) is 4.09. The number of carbonyl (C=O) groups is 1. The van der Waals surface area contributed by atoms with Gasteiger partial charge >= 0.3 is 5.97 Å². The first-order valence-corrected chi connectivity index (χ1v) is 7.75. The molecule has 0 amide bonds. The smallest absolute Gasteiger partial charge is 0.324 e. The van der Waals surface area contributed by atoms with E-state index in [1.165, 1.54) is 0 Å². The molecule has 1 unspecified atom stereocenters. The number of aromatic hydroxyl groups is 1. The van der Waals surface area contributed by atoms with Crippen LogP contribution in [0.1, 0.15) is 38.2 Å². The van der Waals surface area contributed by atoms with Crippen LogP contribution in [0.2, 0.25) is 0 Å². The molecule has 20 heavy (non-hydrogen) atoms. The Hall–Kier alpha value is -1.07. The molecular weight excluding hydrogens is 322 g/mol. The van der Waals surface area contributed by atoms with Crippen LogP contribution in [-0.4, -0.2) is 33.2 Å². The summed E-state index contributed by atoms with van der Waals surface area (Å²) in [6, 6.07) is 5.27. The lowest BCUT2D eigenvalue weighted by atomic mass is 9.90. The second-order valence-electron chi connectivity index (χ2n) is 5.38. The van der Waals surface area contributed by atoms with E-state index in [1.54, 1.807) is 12.1 Å². The van der Waals surface area contributed by atoms with Gasteiger partial charge in [-0.1, -0.05) is 29.3 Å². The van der Waals surface area contributed by atoms with Crippen LogP contribution in [0.15, 0.2) is 22.7 Å². The van der Waals surface area contributed by atoms with Crippen molar-refractivity contribution in [3.63, 3.8) is 0 Å². The highest BCUT2D eigenvalue weighted by Gasteiger charge is 2.46. The second kappa shape index (κ2) is 6.14. The average molecular weight is 342 g/mol. The normalized spacial score (nSPS) is 23.1. The lowest BCUT2D eigenvalue weighted by Crippen LogP contribution is -2.49. The third kappa shape index (κ3) is 2.83. The third-order valence-corrected chi connectivity index (χ3v) is 4.58. The average Bonchev–Trinajstić information content (AvgIpc) is 2.79. The van der Waals surface area contributed by atoms with Crippen LogP contribution in [0.4, 0.5) is 0 Å². The molecule has 1 aliphatic heterocycles. The lowest BCUT2D eigenvalue weighted by Gasteiger charge is -2.34. The van der Waals surface area contributed by atoms with Crippen LogP contribution in [0, 0.1) is 0 Å². The van der Waals surface area contributed by atoms with E-state index in [2.05, 4.69) is 15.9 Å². The molecule has 1 saturated heterocycles. The molecule has 0 spiro atoms. The van der Waals surface area contributed by atoms with Gasteiger partial charge in [-0.25, -0.2) is 0 Å². The van der Waals surface area contributed by atoms with E-state index in [1.807, 2.05) is 17.9 Å². The number of benzene rings is 1. The molecular formula is C15H20BrNO3. The highest BCUT2D eigenvalue weighted by atomic mass is 79.9. The fourth-order valence-electron chi connectivity index (χ4n) is 3.10. The molecule has 0 aromatic heterocycles. The van der Waals surface area contributed by atoms with Gasteiger partial charge < -0.3 is 10.2 Å². The predicted octanol–water partition coefficient (Wildman–Crippen LogP) is 3.37. The van der Waals surface area contributed by atoms with Gasteiger partial charge in [0.15, 0.2) is 0 Å². The first-order valence-electron chi connectivity index (χ1n) is 6.95. The number of phenols is 1. The molecule has 5 heteroatoms. The minimum absolute atomic E-state index is 0.218. The number of hydrogen-bond donors (Lipinski definition) is 2. The molecule has 1 aliphatic rings. The van der Waals surface area contributed by atoms with Crippen LogP contribution in [0.5, 0.6) is 5.75 Å².